The van der Waals surface area contributed by atoms with E-state index in [1.54, 1.807) is 12.1 Å². The highest BCUT2D eigenvalue weighted by atomic mass is 79.9. The average Bonchev–Trinajstić information content (AvgIpc) is 2.42. The lowest BCUT2D eigenvalue weighted by Crippen LogP contribution is -2.48. The molecule has 0 spiro atoms. The second-order valence-corrected chi connectivity index (χ2v) is 5.96. The molecule has 1 aromatic carbocycles. The Balaban J connectivity index is 1.88. The number of nitrogens with two attached hydrogens (primary N) is 1. The molecule has 20 heavy (non-hydrogen) atoms. The molecule has 0 bridgehead atoms. The van der Waals surface area contributed by atoms with Gasteiger partial charge in [0.2, 0.25) is 5.91 Å². The highest BCUT2D eigenvalue weighted by Gasteiger charge is 2.21. The molecule has 1 unspecified atom stereocenters. The molecule has 0 radical (unpaired) electrons. The van der Waals surface area contributed by atoms with Gasteiger partial charge < -0.3 is 15.8 Å². The summed E-state index contributed by atoms with van der Waals surface area (Å²) < 4.78 is 6.34. The maximum atomic E-state index is 12.0. The third kappa shape index (κ3) is 4.43. The summed E-state index contributed by atoms with van der Waals surface area (Å²) in [6, 6.07) is 5.35. The van der Waals surface area contributed by atoms with Gasteiger partial charge in [-0.05, 0) is 18.2 Å². The molecule has 7 heteroatoms. The molecule has 110 valence electrons. The standard InChI is InChI=1S/C13H17BrClN3O2/c14-9-1-2-12(11(15)5-9)17-13(19)8-18-3-4-20-10(6-16)7-18/h1-2,5,10H,3-4,6-8,16H2,(H,17,19). The molecule has 1 atom stereocenters. The van der Waals surface area contributed by atoms with Crippen molar-refractivity contribution in [3.63, 3.8) is 0 Å². The van der Waals surface area contributed by atoms with Crippen LogP contribution in [0.25, 0.3) is 0 Å². The van der Waals surface area contributed by atoms with Crippen LogP contribution in [0.15, 0.2) is 22.7 Å². The van der Waals surface area contributed by atoms with Crippen molar-refractivity contribution in [3.8, 4) is 0 Å². The predicted octanol–water partition coefficient (Wildman–Crippen LogP) is 1.70. The summed E-state index contributed by atoms with van der Waals surface area (Å²) in [6.07, 6.45) is 0.00724. The van der Waals surface area contributed by atoms with E-state index in [1.165, 1.54) is 0 Å². The topological polar surface area (TPSA) is 67.6 Å². The smallest absolute Gasteiger partial charge is 0.238 e. The monoisotopic (exact) mass is 361 g/mol. The van der Waals surface area contributed by atoms with Gasteiger partial charge in [0.05, 0.1) is 30.0 Å². The number of amides is 1. The number of nitrogens with zero attached hydrogens (tertiary/aromatic N) is 1. The first-order chi connectivity index (χ1) is 9.58. The summed E-state index contributed by atoms with van der Waals surface area (Å²) in [5.41, 5.74) is 6.19. The number of benzene rings is 1. The lowest BCUT2D eigenvalue weighted by molar-refractivity contribution is -0.119. The summed E-state index contributed by atoms with van der Waals surface area (Å²) in [5.74, 6) is -0.0908. The number of carbonyl (C=O) groups is 1. The van der Waals surface area contributed by atoms with Gasteiger partial charge in [0, 0.05) is 24.1 Å². The van der Waals surface area contributed by atoms with E-state index in [4.69, 9.17) is 22.1 Å². The van der Waals surface area contributed by atoms with Crippen LogP contribution in [-0.2, 0) is 9.53 Å². The first-order valence-corrected chi connectivity index (χ1v) is 7.54. The van der Waals surface area contributed by atoms with Gasteiger partial charge in [-0.25, -0.2) is 0 Å². The van der Waals surface area contributed by atoms with Gasteiger partial charge in [0.15, 0.2) is 0 Å². The number of carbonyl (C=O) groups excluding carboxylic acids is 1. The van der Waals surface area contributed by atoms with Gasteiger partial charge in [-0.3, -0.25) is 9.69 Å². The van der Waals surface area contributed by atoms with E-state index in [9.17, 15) is 4.79 Å². The molecule has 1 fully saturated rings. The van der Waals surface area contributed by atoms with Crippen LogP contribution >= 0.6 is 27.5 Å². The Labute approximate surface area is 131 Å². The molecule has 0 aliphatic carbocycles. The van der Waals surface area contributed by atoms with Crippen LogP contribution in [0.2, 0.25) is 5.02 Å². The van der Waals surface area contributed by atoms with E-state index < -0.39 is 0 Å². The van der Waals surface area contributed by atoms with Crippen LogP contribution in [0, 0.1) is 0 Å². The predicted molar refractivity (Wildman–Crippen MR) is 83.0 cm³/mol. The minimum Gasteiger partial charge on any atom is -0.374 e. The van der Waals surface area contributed by atoms with E-state index in [0.717, 1.165) is 11.0 Å². The molecule has 0 saturated carbocycles. The van der Waals surface area contributed by atoms with Gasteiger partial charge >= 0.3 is 0 Å². The van der Waals surface area contributed by atoms with Crippen molar-refractivity contribution in [2.45, 2.75) is 6.10 Å². The Morgan fingerprint density at radius 3 is 3.10 bits per heavy atom. The van der Waals surface area contributed by atoms with Crippen molar-refractivity contribution < 1.29 is 9.53 Å². The fourth-order valence-electron chi connectivity index (χ4n) is 2.05. The molecular weight excluding hydrogens is 346 g/mol. The number of rotatable bonds is 4. The largest absolute Gasteiger partial charge is 0.374 e. The van der Waals surface area contributed by atoms with Gasteiger partial charge in [0.1, 0.15) is 0 Å². The van der Waals surface area contributed by atoms with Crippen molar-refractivity contribution in [2.24, 2.45) is 5.73 Å². The molecule has 1 heterocycles. The van der Waals surface area contributed by atoms with Crippen LogP contribution < -0.4 is 11.1 Å². The number of halogens is 2. The van der Waals surface area contributed by atoms with Gasteiger partial charge in [-0.1, -0.05) is 27.5 Å². The highest BCUT2D eigenvalue weighted by molar-refractivity contribution is 9.10. The summed E-state index contributed by atoms with van der Waals surface area (Å²) in [7, 11) is 0. The number of morpholine rings is 1. The van der Waals surface area contributed by atoms with Gasteiger partial charge in [0.25, 0.3) is 0 Å². The molecule has 3 N–H and O–H groups in total. The Bertz CT molecular complexity index is 487. The Morgan fingerprint density at radius 2 is 2.40 bits per heavy atom. The third-order valence-electron chi connectivity index (χ3n) is 3.06. The van der Waals surface area contributed by atoms with Crippen LogP contribution in [-0.4, -0.2) is 49.7 Å². The van der Waals surface area contributed by atoms with Crippen LogP contribution in [0.3, 0.4) is 0 Å². The van der Waals surface area contributed by atoms with Crippen molar-refractivity contribution in [1.82, 2.24) is 4.90 Å². The first-order valence-electron chi connectivity index (χ1n) is 6.37. The van der Waals surface area contributed by atoms with Crippen LogP contribution in [0.5, 0.6) is 0 Å². The van der Waals surface area contributed by atoms with Crippen molar-refractivity contribution >= 4 is 39.1 Å². The summed E-state index contributed by atoms with van der Waals surface area (Å²) in [4.78, 5) is 14.0. The number of hydrogen-bond acceptors (Lipinski definition) is 4. The number of nitrogens with one attached hydrogen (secondary N) is 1. The van der Waals surface area contributed by atoms with E-state index in [-0.39, 0.29) is 12.0 Å². The van der Waals surface area contributed by atoms with E-state index in [1.807, 2.05) is 11.0 Å². The molecule has 2 rings (SSSR count). The molecule has 1 saturated heterocycles. The Morgan fingerprint density at radius 1 is 1.60 bits per heavy atom. The molecule has 0 aromatic heterocycles. The molecule has 1 aliphatic rings. The Hall–Kier alpha value is -0.660. The van der Waals surface area contributed by atoms with E-state index >= 15 is 0 Å². The second kappa shape index (κ2) is 7.38. The molecule has 5 nitrogen and oxygen atoms in total. The molecule has 1 amide bonds. The van der Waals surface area contributed by atoms with Gasteiger partial charge in [-0.15, -0.1) is 0 Å². The summed E-state index contributed by atoms with van der Waals surface area (Å²) in [6.45, 7) is 2.80. The molecule has 1 aromatic rings. The third-order valence-corrected chi connectivity index (χ3v) is 3.86. The zero-order chi connectivity index (χ0) is 14.5. The maximum Gasteiger partial charge on any atom is 0.238 e. The van der Waals surface area contributed by atoms with Gasteiger partial charge in [-0.2, -0.15) is 0 Å². The maximum absolute atomic E-state index is 12.0. The number of anilines is 1. The fourth-order valence-corrected chi connectivity index (χ4v) is 2.77. The zero-order valence-electron chi connectivity index (χ0n) is 10.9. The minimum absolute atomic E-state index is 0.00724. The van der Waals surface area contributed by atoms with Crippen LogP contribution in [0.4, 0.5) is 5.69 Å². The Kier molecular flexibility index (Phi) is 5.80. The minimum atomic E-state index is -0.0908. The lowest BCUT2D eigenvalue weighted by atomic mass is 10.2. The SMILES string of the molecule is NCC1CN(CC(=O)Nc2ccc(Br)cc2Cl)CCO1. The zero-order valence-corrected chi connectivity index (χ0v) is 13.3. The fraction of sp³-hybridized carbons (Fsp3) is 0.462. The van der Waals surface area contributed by atoms with E-state index in [2.05, 4.69) is 21.2 Å². The van der Waals surface area contributed by atoms with Crippen molar-refractivity contribution in [1.29, 1.82) is 0 Å². The normalized spacial score (nSPS) is 19.9. The van der Waals surface area contributed by atoms with Crippen molar-refractivity contribution in [2.75, 3.05) is 38.1 Å². The first kappa shape index (κ1) is 15.7. The quantitative estimate of drug-likeness (QED) is 0.855. The molecule has 1 aliphatic heterocycles. The average molecular weight is 363 g/mol. The second-order valence-electron chi connectivity index (χ2n) is 4.64. The van der Waals surface area contributed by atoms with Crippen LogP contribution in [0.1, 0.15) is 0 Å². The highest BCUT2D eigenvalue weighted by Crippen LogP contribution is 2.25. The van der Waals surface area contributed by atoms with Crippen molar-refractivity contribution in [3.05, 3.63) is 27.7 Å². The molecular formula is C13H17BrClN3O2. The summed E-state index contributed by atoms with van der Waals surface area (Å²) >= 11 is 9.39. The lowest BCUT2D eigenvalue weighted by Gasteiger charge is -2.31. The number of hydrogen-bond donors (Lipinski definition) is 2. The summed E-state index contributed by atoms with van der Waals surface area (Å²) in [5, 5.41) is 3.32. The number of ether oxygens (including phenoxy) is 1. The van der Waals surface area contributed by atoms with E-state index in [0.29, 0.717) is 37.0 Å².